The van der Waals surface area contributed by atoms with Crippen molar-refractivity contribution >= 4 is 5.78 Å². The fraction of sp³-hybridized carbons (Fsp3) is 0.387. The van der Waals surface area contributed by atoms with Crippen molar-refractivity contribution < 1.29 is 9.18 Å². The predicted octanol–water partition coefficient (Wildman–Crippen LogP) is 9.22. The second kappa shape index (κ2) is 10.9. The van der Waals surface area contributed by atoms with Crippen LogP contribution in [0.3, 0.4) is 0 Å². The Morgan fingerprint density at radius 2 is 1.58 bits per heavy atom. The normalized spacial score (nSPS) is 18.3. The summed E-state index contributed by atoms with van der Waals surface area (Å²) in [6.45, 7) is 3.85. The molecule has 0 bridgehead atoms. The third kappa shape index (κ3) is 5.61. The van der Waals surface area contributed by atoms with Gasteiger partial charge in [-0.2, -0.15) is 0 Å². The van der Waals surface area contributed by atoms with E-state index in [0.29, 0.717) is 17.0 Å². The summed E-state index contributed by atoms with van der Waals surface area (Å²) in [7, 11) is 0. The van der Waals surface area contributed by atoms with E-state index in [1.54, 1.807) is 25.1 Å². The molecule has 0 N–H and O–H groups in total. The third-order valence-electron chi connectivity index (χ3n) is 7.35. The smallest absolute Gasteiger partial charge is 0.159 e. The molecule has 1 nitrogen and oxygen atoms in total. The van der Waals surface area contributed by atoms with Crippen molar-refractivity contribution in [3.8, 4) is 22.3 Å². The van der Waals surface area contributed by atoms with E-state index in [4.69, 9.17) is 0 Å². The number of ketones is 1. The number of carbonyl (C=O) groups is 1. The van der Waals surface area contributed by atoms with Gasteiger partial charge in [0.15, 0.2) is 5.78 Å². The summed E-state index contributed by atoms with van der Waals surface area (Å²) < 4.78 is 14.6. The molecule has 3 aromatic carbocycles. The quantitative estimate of drug-likeness (QED) is 0.251. The van der Waals surface area contributed by atoms with Crippen molar-refractivity contribution in [2.45, 2.75) is 71.1 Å². The molecule has 33 heavy (non-hydrogen) atoms. The zero-order valence-corrected chi connectivity index (χ0v) is 19.9. The van der Waals surface area contributed by atoms with Crippen LogP contribution in [0, 0.1) is 11.7 Å². The molecule has 0 aliphatic heterocycles. The average Bonchev–Trinajstić information content (AvgIpc) is 2.85. The Morgan fingerprint density at radius 1 is 0.848 bits per heavy atom. The van der Waals surface area contributed by atoms with E-state index in [1.165, 1.54) is 63.0 Å². The van der Waals surface area contributed by atoms with Gasteiger partial charge in [0.05, 0.1) is 0 Å². The number of benzene rings is 3. The molecule has 1 saturated carbocycles. The van der Waals surface area contributed by atoms with E-state index < -0.39 is 0 Å². The van der Waals surface area contributed by atoms with Crippen molar-refractivity contribution in [1.29, 1.82) is 0 Å². The lowest BCUT2D eigenvalue weighted by molar-refractivity contribution is 0.101. The van der Waals surface area contributed by atoms with Gasteiger partial charge in [-0.25, -0.2) is 4.39 Å². The molecule has 0 amide bonds. The van der Waals surface area contributed by atoms with Crippen LogP contribution < -0.4 is 0 Å². The number of hydrogen-bond donors (Lipinski definition) is 0. The lowest BCUT2D eigenvalue weighted by Gasteiger charge is -2.29. The Bertz CT molecular complexity index is 1070. The van der Waals surface area contributed by atoms with E-state index in [2.05, 4.69) is 31.2 Å². The summed E-state index contributed by atoms with van der Waals surface area (Å²) in [6.07, 6.45) is 10.7. The predicted molar refractivity (Wildman–Crippen MR) is 136 cm³/mol. The molecule has 1 fully saturated rings. The molecule has 0 spiro atoms. The van der Waals surface area contributed by atoms with Gasteiger partial charge in [-0.3, -0.25) is 4.79 Å². The largest absolute Gasteiger partial charge is 0.295 e. The first-order valence-corrected chi connectivity index (χ1v) is 12.6. The number of Topliss-reactive ketones (excluding diaryl/α,β-unsaturated/α-hetero) is 1. The summed E-state index contributed by atoms with van der Waals surface area (Å²) in [5.41, 5.74) is 5.36. The highest BCUT2D eigenvalue weighted by Crippen LogP contribution is 2.39. The Kier molecular flexibility index (Phi) is 7.75. The molecule has 0 unspecified atom stereocenters. The molecular formula is C31H35FO. The Balaban J connectivity index is 1.56. The second-order valence-corrected chi connectivity index (χ2v) is 9.63. The van der Waals surface area contributed by atoms with E-state index >= 15 is 0 Å². The van der Waals surface area contributed by atoms with Crippen LogP contribution in [0.15, 0.2) is 66.7 Å². The van der Waals surface area contributed by atoms with E-state index in [-0.39, 0.29) is 11.6 Å². The average molecular weight is 443 g/mol. The maximum Gasteiger partial charge on any atom is 0.159 e. The van der Waals surface area contributed by atoms with Crippen molar-refractivity contribution in [2.75, 3.05) is 0 Å². The van der Waals surface area contributed by atoms with Gasteiger partial charge in [0.1, 0.15) is 5.82 Å². The number of rotatable bonds is 8. The topological polar surface area (TPSA) is 17.1 Å². The zero-order chi connectivity index (χ0) is 23.2. The monoisotopic (exact) mass is 442 g/mol. The van der Waals surface area contributed by atoms with Gasteiger partial charge in [-0.1, -0.05) is 87.2 Å². The Labute approximate surface area is 198 Å². The van der Waals surface area contributed by atoms with Crippen LogP contribution in [-0.4, -0.2) is 5.78 Å². The van der Waals surface area contributed by atoms with Gasteiger partial charge in [0, 0.05) is 11.1 Å². The fourth-order valence-corrected chi connectivity index (χ4v) is 5.32. The van der Waals surface area contributed by atoms with Crippen LogP contribution in [-0.2, 0) is 0 Å². The minimum Gasteiger partial charge on any atom is -0.295 e. The summed E-state index contributed by atoms with van der Waals surface area (Å²) in [5, 5.41) is 0. The SMILES string of the molecule is CCCCC[C@H]1CC[C@H](c2ccc(-c3cc(C(C)=O)ccc3-c3ccccc3F)cc2)CC1. The molecule has 2 heteroatoms. The molecule has 0 saturated heterocycles. The number of carbonyl (C=O) groups excluding carboxylic acids is 1. The molecule has 3 aromatic rings. The standard InChI is InChI=1S/C31H35FO/c1-3-4-5-8-23-11-13-24(14-12-23)25-15-17-26(18-16-25)30-21-27(22(2)33)19-20-28(30)29-9-6-7-10-31(29)32/h6-7,9-10,15-21,23-24H,3-5,8,11-14H2,1-2H3/t23-,24-. The highest BCUT2D eigenvalue weighted by Gasteiger charge is 2.22. The van der Waals surface area contributed by atoms with Crippen LogP contribution in [0.2, 0.25) is 0 Å². The summed E-state index contributed by atoms with van der Waals surface area (Å²) in [6, 6.07) is 21.2. The van der Waals surface area contributed by atoms with Gasteiger partial charge < -0.3 is 0 Å². The number of halogens is 1. The molecule has 0 radical (unpaired) electrons. The Morgan fingerprint density at radius 3 is 2.24 bits per heavy atom. The molecule has 172 valence electrons. The lowest BCUT2D eigenvalue weighted by atomic mass is 9.77. The molecule has 0 aromatic heterocycles. The molecule has 0 heterocycles. The fourth-order valence-electron chi connectivity index (χ4n) is 5.32. The van der Waals surface area contributed by atoms with Gasteiger partial charge >= 0.3 is 0 Å². The molecule has 1 aliphatic carbocycles. The minimum atomic E-state index is -0.248. The third-order valence-corrected chi connectivity index (χ3v) is 7.35. The summed E-state index contributed by atoms with van der Waals surface area (Å²) in [4.78, 5) is 12.0. The molecule has 4 rings (SSSR count). The maximum absolute atomic E-state index is 14.6. The van der Waals surface area contributed by atoms with E-state index in [9.17, 15) is 9.18 Å². The van der Waals surface area contributed by atoms with Crippen molar-refractivity contribution in [1.82, 2.24) is 0 Å². The van der Waals surface area contributed by atoms with Gasteiger partial charge in [0.25, 0.3) is 0 Å². The first kappa shape index (κ1) is 23.4. The van der Waals surface area contributed by atoms with E-state index in [0.717, 1.165) is 22.6 Å². The highest BCUT2D eigenvalue weighted by molar-refractivity contribution is 5.97. The summed E-state index contributed by atoms with van der Waals surface area (Å²) >= 11 is 0. The van der Waals surface area contributed by atoms with Crippen LogP contribution >= 0.6 is 0 Å². The molecule has 0 atom stereocenters. The maximum atomic E-state index is 14.6. The first-order chi connectivity index (χ1) is 16.1. The molecule has 1 aliphatic rings. The number of hydrogen-bond acceptors (Lipinski definition) is 1. The van der Waals surface area contributed by atoms with Crippen LogP contribution in [0.25, 0.3) is 22.3 Å². The van der Waals surface area contributed by atoms with Crippen molar-refractivity contribution in [3.63, 3.8) is 0 Å². The summed E-state index contributed by atoms with van der Waals surface area (Å²) in [5.74, 6) is 1.31. The minimum absolute atomic E-state index is 0.0173. The van der Waals surface area contributed by atoms with Gasteiger partial charge in [-0.05, 0) is 78.8 Å². The molecular weight excluding hydrogens is 407 g/mol. The Hall–Kier alpha value is -2.74. The van der Waals surface area contributed by atoms with Crippen molar-refractivity contribution in [2.24, 2.45) is 5.92 Å². The van der Waals surface area contributed by atoms with E-state index in [1.807, 2.05) is 18.2 Å². The highest BCUT2D eigenvalue weighted by atomic mass is 19.1. The first-order valence-electron chi connectivity index (χ1n) is 12.6. The lowest BCUT2D eigenvalue weighted by Crippen LogP contribution is -2.13. The second-order valence-electron chi connectivity index (χ2n) is 9.63. The van der Waals surface area contributed by atoms with Gasteiger partial charge in [0.2, 0.25) is 0 Å². The van der Waals surface area contributed by atoms with Crippen LogP contribution in [0.1, 0.15) is 87.1 Å². The van der Waals surface area contributed by atoms with Crippen molar-refractivity contribution in [3.05, 3.63) is 83.7 Å². The number of unbranched alkanes of at least 4 members (excludes halogenated alkanes) is 2. The van der Waals surface area contributed by atoms with Crippen LogP contribution in [0.5, 0.6) is 0 Å². The van der Waals surface area contributed by atoms with Gasteiger partial charge in [-0.15, -0.1) is 0 Å². The van der Waals surface area contributed by atoms with Crippen LogP contribution in [0.4, 0.5) is 4.39 Å². The zero-order valence-electron chi connectivity index (χ0n) is 19.9.